The lowest BCUT2D eigenvalue weighted by Crippen LogP contribution is -2.20. The number of aromatic nitrogens is 1. The molecule has 0 atom stereocenters. The molecule has 140 valence electrons. The van der Waals surface area contributed by atoms with Crippen molar-refractivity contribution in [1.82, 2.24) is 4.57 Å². The number of ketones is 2. The number of carboxylic acids is 1. The third kappa shape index (κ3) is 3.84. The second-order valence-corrected chi connectivity index (χ2v) is 6.01. The second kappa shape index (κ2) is 7.99. The Morgan fingerprint density at radius 2 is 1.85 bits per heavy atom. The molecule has 0 fully saturated rings. The van der Waals surface area contributed by atoms with Gasteiger partial charge in [-0.3, -0.25) is 19.2 Å². The molecule has 0 bridgehead atoms. The molecule has 0 radical (unpaired) electrons. The number of aliphatic carboxylic acids is 1. The average molecular weight is 363 g/mol. The number of fused-ring (bicyclic) bond motifs is 1. The summed E-state index contributed by atoms with van der Waals surface area (Å²) >= 11 is 0. The highest BCUT2D eigenvalue weighted by atomic mass is 16.5. The highest BCUT2D eigenvalue weighted by Gasteiger charge is 2.34. The van der Waals surface area contributed by atoms with Crippen LogP contribution in [0.25, 0.3) is 0 Å². The fourth-order valence-corrected chi connectivity index (χ4v) is 2.87. The molecule has 0 unspecified atom stereocenters. The van der Waals surface area contributed by atoms with E-state index in [4.69, 9.17) is 14.6 Å². The maximum absolute atomic E-state index is 12.5. The lowest BCUT2D eigenvalue weighted by molar-refractivity contribution is -0.145. The van der Waals surface area contributed by atoms with E-state index in [0.717, 1.165) is 6.08 Å². The number of nitrogens with zero attached hydrogens (tertiary/aromatic N) is 1. The Morgan fingerprint density at radius 3 is 2.46 bits per heavy atom. The van der Waals surface area contributed by atoms with E-state index >= 15 is 0 Å². The predicted octanol–water partition coefficient (Wildman–Crippen LogP) is 1.93. The van der Waals surface area contributed by atoms with E-state index in [1.165, 1.54) is 7.11 Å². The summed E-state index contributed by atoms with van der Waals surface area (Å²) in [5.41, 5.74) is 1.58. The summed E-state index contributed by atoms with van der Waals surface area (Å²) in [6.07, 6.45) is 2.05. The minimum Gasteiger partial charge on any atom is -0.492 e. The third-order valence-electron chi connectivity index (χ3n) is 4.38. The van der Waals surface area contributed by atoms with Gasteiger partial charge in [0.2, 0.25) is 11.6 Å². The quantitative estimate of drug-likeness (QED) is 0.555. The van der Waals surface area contributed by atoms with Crippen LogP contribution >= 0.6 is 0 Å². The smallest absolute Gasteiger partial charge is 0.306 e. The SMILES string of the molecule is COC1=CC(=O)c2c(c(COC(=O)CCCCC(=O)O)c(C)n2C)C1=O. The van der Waals surface area contributed by atoms with Crippen LogP contribution < -0.4 is 0 Å². The number of methoxy groups -OCH3 is 1. The maximum Gasteiger partial charge on any atom is 0.306 e. The van der Waals surface area contributed by atoms with Crippen LogP contribution in [0.5, 0.6) is 0 Å². The fourth-order valence-electron chi connectivity index (χ4n) is 2.87. The summed E-state index contributed by atoms with van der Waals surface area (Å²) in [7, 11) is 2.98. The van der Waals surface area contributed by atoms with Gasteiger partial charge in [0.25, 0.3) is 0 Å². The first-order chi connectivity index (χ1) is 12.3. The molecule has 0 aliphatic heterocycles. The van der Waals surface area contributed by atoms with Crippen LogP contribution in [0.4, 0.5) is 0 Å². The first-order valence-electron chi connectivity index (χ1n) is 8.18. The van der Waals surface area contributed by atoms with Gasteiger partial charge in [-0.15, -0.1) is 0 Å². The Hall–Kier alpha value is -2.90. The van der Waals surface area contributed by atoms with Gasteiger partial charge >= 0.3 is 11.9 Å². The minimum atomic E-state index is -0.907. The van der Waals surface area contributed by atoms with E-state index in [0.29, 0.717) is 24.1 Å². The molecule has 1 heterocycles. The van der Waals surface area contributed by atoms with E-state index in [9.17, 15) is 19.2 Å². The topological polar surface area (TPSA) is 112 Å². The Morgan fingerprint density at radius 1 is 1.19 bits per heavy atom. The van der Waals surface area contributed by atoms with Crippen molar-refractivity contribution in [2.75, 3.05) is 7.11 Å². The largest absolute Gasteiger partial charge is 0.492 e. The molecule has 0 saturated heterocycles. The van der Waals surface area contributed by atoms with Crippen molar-refractivity contribution in [3.8, 4) is 0 Å². The Kier molecular flexibility index (Phi) is 5.97. The average Bonchev–Trinajstić information content (AvgIpc) is 2.85. The zero-order chi connectivity index (χ0) is 19.4. The van der Waals surface area contributed by atoms with Gasteiger partial charge in [0.05, 0.1) is 12.7 Å². The molecule has 26 heavy (non-hydrogen) atoms. The van der Waals surface area contributed by atoms with Gasteiger partial charge in [-0.05, 0) is 19.8 Å². The molecule has 1 aromatic rings. The van der Waals surface area contributed by atoms with E-state index in [-0.39, 0.29) is 42.2 Å². The molecule has 0 saturated carbocycles. The van der Waals surface area contributed by atoms with Crippen molar-refractivity contribution >= 4 is 23.5 Å². The number of allylic oxidation sites excluding steroid dienone is 2. The summed E-state index contributed by atoms with van der Waals surface area (Å²) in [5, 5.41) is 8.57. The summed E-state index contributed by atoms with van der Waals surface area (Å²) in [5.74, 6) is -2.19. The van der Waals surface area contributed by atoms with E-state index in [1.807, 2.05) is 0 Å². The molecule has 0 spiro atoms. The van der Waals surface area contributed by atoms with Gasteiger partial charge in [-0.1, -0.05) is 0 Å². The number of carbonyl (C=O) groups excluding carboxylic acids is 3. The minimum absolute atomic E-state index is 0.00131. The van der Waals surface area contributed by atoms with Gasteiger partial charge in [0.1, 0.15) is 12.3 Å². The van der Waals surface area contributed by atoms with Gasteiger partial charge in [0.15, 0.2) is 5.76 Å². The molecule has 0 amide bonds. The standard InChI is InChI=1S/C18H21NO7/c1-10-11(9-26-15(23)7-5-4-6-14(21)22)16-17(19(10)2)12(20)8-13(25-3)18(16)24/h8H,4-7,9H2,1-3H3,(H,21,22). The van der Waals surface area contributed by atoms with E-state index in [2.05, 4.69) is 0 Å². The van der Waals surface area contributed by atoms with Crippen molar-refractivity contribution < 1.29 is 33.8 Å². The predicted molar refractivity (Wildman–Crippen MR) is 89.8 cm³/mol. The number of carboxylic acid groups (broad SMARTS) is 1. The molecule has 8 heteroatoms. The number of ether oxygens (including phenoxy) is 2. The van der Waals surface area contributed by atoms with Crippen molar-refractivity contribution in [2.24, 2.45) is 7.05 Å². The number of rotatable bonds is 8. The van der Waals surface area contributed by atoms with E-state index in [1.54, 1.807) is 18.5 Å². The molecule has 1 aromatic heterocycles. The van der Waals surface area contributed by atoms with Crippen molar-refractivity contribution in [1.29, 1.82) is 0 Å². The van der Waals surface area contributed by atoms with Crippen molar-refractivity contribution in [3.05, 3.63) is 34.3 Å². The molecule has 0 aromatic carbocycles. The molecule has 2 rings (SSSR count). The number of unbranched alkanes of at least 4 members (excludes halogenated alkanes) is 1. The summed E-state index contributed by atoms with van der Waals surface area (Å²) in [4.78, 5) is 47.1. The van der Waals surface area contributed by atoms with Crippen LogP contribution in [0.15, 0.2) is 11.8 Å². The van der Waals surface area contributed by atoms with Crippen LogP contribution in [0.3, 0.4) is 0 Å². The monoisotopic (exact) mass is 363 g/mol. The number of Topliss-reactive ketones (excluding diaryl/α,β-unsaturated/α-hetero) is 1. The number of hydrogen-bond donors (Lipinski definition) is 1. The third-order valence-corrected chi connectivity index (χ3v) is 4.38. The van der Waals surface area contributed by atoms with Crippen LogP contribution in [0, 0.1) is 6.92 Å². The van der Waals surface area contributed by atoms with Crippen LogP contribution in [-0.2, 0) is 32.7 Å². The molecular weight excluding hydrogens is 342 g/mol. The highest BCUT2D eigenvalue weighted by molar-refractivity contribution is 6.24. The highest BCUT2D eigenvalue weighted by Crippen LogP contribution is 2.30. The molecule has 1 aliphatic carbocycles. The number of hydrogen-bond acceptors (Lipinski definition) is 6. The summed E-state index contributed by atoms with van der Waals surface area (Å²) < 4.78 is 11.8. The normalized spacial score (nSPS) is 13.3. The first-order valence-corrected chi connectivity index (χ1v) is 8.18. The molecule has 1 N–H and O–H groups in total. The molecular formula is C18H21NO7. The van der Waals surface area contributed by atoms with Gasteiger partial charge < -0.3 is 19.1 Å². The Labute approximate surface area is 150 Å². The van der Waals surface area contributed by atoms with Crippen LogP contribution in [-0.4, -0.2) is 40.3 Å². The summed E-state index contributed by atoms with van der Waals surface area (Å²) in [6, 6.07) is 0. The van der Waals surface area contributed by atoms with Crippen LogP contribution in [0.2, 0.25) is 0 Å². The molecule has 8 nitrogen and oxygen atoms in total. The zero-order valence-corrected chi connectivity index (χ0v) is 15.0. The zero-order valence-electron chi connectivity index (χ0n) is 15.0. The van der Waals surface area contributed by atoms with Gasteiger partial charge in [-0.25, -0.2) is 0 Å². The maximum atomic E-state index is 12.5. The Balaban J connectivity index is 2.11. The van der Waals surface area contributed by atoms with E-state index < -0.39 is 17.7 Å². The lowest BCUT2D eigenvalue weighted by Gasteiger charge is -2.13. The van der Waals surface area contributed by atoms with Gasteiger partial charge in [0, 0.05) is 37.2 Å². The van der Waals surface area contributed by atoms with Crippen LogP contribution in [0.1, 0.15) is 57.8 Å². The summed E-state index contributed by atoms with van der Waals surface area (Å²) in [6.45, 7) is 1.60. The molecule has 1 aliphatic rings. The second-order valence-electron chi connectivity index (χ2n) is 6.01. The number of carbonyl (C=O) groups is 4. The van der Waals surface area contributed by atoms with Gasteiger partial charge in [-0.2, -0.15) is 0 Å². The van der Waals surface area contributed by atoms with Crippen molar-refractivity contribution in [2.45, 2.75) is 39.2 Å². The van der Waals surface area contributed by atoms with Crippen molar-refractivity contribution in [3.63, 3.8) is 0 Å². The fraction of sp³-hybridized carbons (Fsp3) is 0.444. The first kappa shape index (κ1) is 19.4. The lowest BCUT2D eigenvalue weighted by atomic mass is 9.96. The number of esters is 1. The Bertz CT molecular complexity index is 801.